The number of anilines is 3. The molecule has 1 saturated heterocycles. The van der Waals surface area contributed by atoms with Gasteiger partial charge in [-0.3, -0.25) is 4.79 Å². The molecule has 23 heavy (non-hydrogen) atoms. The van der Waals surface area contributed by atoms with E-state index in [4.69, 9.17) is 10.5 Å². The molecule has 1 heterocycles. The summed E-state index contributed by atoms with van der Waals surface area (Å²) in [6.45, 7) is 3.09. The molecule has 1 fully saturated rings. The third kappa shape index (κ3) is 3.76. The van der Waals surface area contributed by atoms with E-state index in [1.54, 1.807) is 6.07 Å². The van der Waals surface area contributed by atoms with E-state index < -0.39 is 0 Å². The molecule has 120 valence electrons. The smallest absolute Gasteiger partial charge is 0.256 e. The van der Waals surface area contributed by atoms with Crippen molar-refractivity contribution in [3.63, 3.8) is 0 Å². The molecule has 1 aliphatic rings. The quantitative estimate of drug-likeness (QED) is 0.589. The number of nitrogens with zero attached hydrogens (tertiary/aromatic N) is 1. The van der Waals surface area contributed by atoms with E-state index in [9.17, 15) is 4.79 Å². The zero-order chi connectivity index (χ0) is 16.2. The van der Waals surface area contributed by atoms with E-state index in [0.29, 0.717) is 30.2 Å². The Morgan fingerprint density at radius 1 is 1.17 bits per heavy atom. The summed E-state index contributed by atoms with van der Waals surface area (Å²) in [7, 11) is 0. The van der Waals surface area contributed by atoms with Crippen molar-refractivity contribution in [3.8, 4) is 0 Å². The highest BCUT2D eigenvalue weighted by atomic mass is 127. The lowest BCUT2D eigenvalue weighted by molar-refractivity contribution is 0.102. The van der Waals surface area contributed by atoms with Crippen LogP contribution in [0.25, 0.3) is 0 Å². The Hall–Kier alpha value is -1.80. The molecule has 1 aliphatic heterocycles. The van der Waals surface area contributed by atoms with Crippen molar-refractivity contribution < 1.29 is 9.53 Å². The number of nitrogens with one attached hydrogen (secondary N) is 1. The summed E-state index contributed by atoms with van der Waals surface area (Å²) in [5, 5.41) is 2.90. The maximum atomic E-state index is 12.3. The zero-order valence-corrected chi connectivity index (χ0v) is 14.7. The summed E-state index contributed by atoms with van der Waals surface area (Å²) in [6.07, 6.45) is 0. The van der Waals surface area contributed by atoms with Crippen LogP contribution in [0.3, 0.4) is 0 Å². The number of halogens is 1. The first-order valence-electron chi connectivity index (χ1n) is 7.43. The Labute approximate surface area is 148 Å². The highest BCUT2D eigenvalue weighted by molar-refractivity contribution is 14.1. The van der Waals surface area contributed by atoms with Gasteiger partial charge in [0.05, 0.1) is 30.2 Å². The predicted octanol–water partition coefficient (Wildman–Crippen LogP) is 2.96. The van der Waals surface area contributed by atoms with Crippen LogP contribution in [0, 0.1) is 3.57 Å². The molecular weight excluding hydrogens is 405 g/mol. The van der Waals surface area contributed by atoms with Crippen LogP contribution in [0.5, 0.6) is 0 Å². The monoisotopic (exact) mass is 423 g/mol. The molecular formula is C17H18IN3O2. The van der Waals surface area contributed by atoms with Gasteiger partial charge in [0.25, 0.3) is 5.91 Å². The molecule has 2 aromatic rings. The van der Waals surface area contributed by atoms with Gasteiger partial charge >= 0.3 is 0 Å². The number of nitrogens with two attached hydrogens (primary N) is 1. The van der Waals surface area contributed by atoms with Crippen molar-refractivity contribution in [2.75, 3.05) is 42.3 Å². The van der Waals surface area contributed by atoms with Crippen molar-refractivity contribution in [3.05, 3.63) is 51.6 Å². The van der Waals surface area contributed by atoms with Crippen LogP contribution < -0.4 is 16.0 Å². The SMILES string of the molecule is Nc1cc(NC(=O)c2ccccc2I)ccc1N1CCOCC1. The number of hydrogen-bond acceptors (Lipinski definition) is 4. The van der Waals surface area contributed by atoms with E-state index in [2.05, 4.69) is 32.8 Å². The van der Waals surface area contributed by atoms with Crippen molar-refractivity contribution in [1.82, 2.24) is 0 Å². The van der Waals surface area contributed by atoms with Gasteiger partial charge in [-0.1, -0.05) is 12.1 Å². The molecule has 3 rings (SSSR count). The van der Waals surface area contributed by atoms with E-state index in [-0.39, 0.29) is 5.91 Å². The van der Waals surface area contributed by atoms with Gasteiger partial charge in [0.15, 0.2) is 0 Å². The third-order valence-corrected chi connectivity index (χ3v) is 4.70. The predicted molar refractivity (Wildman–Crippen MR) is 101 cm³/mol. The minimum Gasteiger partial charge on any atom is -0.397 e. The summed E-state index contributed by atoms with van der Waals surface area (Å²) in [5.41, 5.74) is 9.16. The fourth-order valence-electron chi connectivity index (χ4n) is 2.57. The summed E-state index contributed by atoms with van der Waals surface area (Å²) in [6, 6.07) is 13.1. The van der Waals surface area contributed by atoms with Crippen LogP contribution in [0.2, 0.25) is 0 Å². The maximum Gasteiger partial charge on any atom is 0.256 e. The lowest BCUT2D eigenvalue weighted by Crippen LogP contribution is -2.36. The van der Waals surface area contributed by atoms with Crippen molar-refractivity contribution in [2.45, 2.75) is 0 Å². The van der Waals surface area contributed by atoms with Crippen LogP contribution in [-0.4, -0.2) is 32.2 Å². The summed E-state index contributed by atoms with van der Waals surface area (Å²) in [4.78, 5) is 14.5. The van der Waals surface area contributed by atoms with Crippen LogP contribution >= 0.6 is 22.6 Å². The van der Waals surface area contributed by atoms with Crippen LogP contribution in [0.1, 0.15) is 10.4 Å². The molecule has 6 heteroatoms. The minimum atomic E-state index is -0.131. The minimum absolute atomic E-state index is 0.131. The molecule has 0 unspecified atom stereocenters. The molecule has 5 nitrogen and oxygen atoms in total. The van der Waals surface area contributed by atoms with E-state index >= 15 is 0 Å². The highest BCUT2D eigenvalue weighted by Crippen LogP contribution is 2.27. The Balaban J connectivity index is 1.75. The summed E-state index contributed by atoms with van der Waals surface area (Å²) in [5.74, 6) is -0.131. The molecule has 0 aliphatic carbocycles. The first kappa shape index (κ1) is 16.1. The van der Waals surface area contributed by atoms with Crippen molar-refractivity contribution in [2.24, 2.45) is 0 Å². The molecule has 0 saturated carbocycles. The standard InChI is InChI=1S/C17H18IN3O2/c18-14-4-2-1-3-13(14)17(22)20-12-5-6-16(15(19)11-12)21-7-9-23-10-8-21/h1-6,11H,7-10,19H2,(H,20,22). The van der Waals surface area contributed by atoms with E-state index in [1.165, 1.54) is 0 Å². The number of carbonyl (C=O) groups excluding carboxylic acids is 1. The molecule has 1 amide bonds. The van der Waals surface area contributed by atoms with Gasteiger partial charge in [-0.25, -0.2) is 0 Å². The largest absolute Gasteiger partial charge is 0.397 e. The summed E-state index contributed by atoms with van der Waals surface area (Å²) < 4.78 is 6.27. The zero-order valence-electron chi connectivity index (χ0n) is 12.6. The Kier molecular flexibility index (Phi) is 5.02. The number of rotatable bonds is 3. The Morgan fingerprint density at radius 2 is 1.91 bits per heavy atom. The Bertz CT molecular complexity index is 715. The lowest BCUT2D eigenvalue weighted by Gasteiger charge is -2.30. The third-order valence-electron chi connectivity index (χ3n) is 3.76. The molecule has 3 N–H and O–H groups in total. The first-order chi connectivity index (χ1) is 11.1. The van der Waals surface area contributed by atoms with Crippen molar-refractivity contribution in [1.29, 1.82) is 0 Å². The second-order valence-electron chi connectivity index (χ2n) is 5.31. The molecule has 0 atom stereocenters. The highest BCUT2D eigenvalue weighted by Gasteiger charge is 2.15. The number of ether oxygens (including phenoxy) is 1. The summed E-state index contributed by atoms with van der Waals surface area (Å²) >= 11 is 2.16. The topological polar surface area (TPSA) is 67.6 Å². The maximum absolute atomic E-state index is 12.3. The average molecular weight is 423 g/mol. The number of amides is 1. The van der Waals surface area contributed by atoms with Gasteiger partial charge in [0.2, 0.25) is 0 Å². The number of hydrogen-bond donors (Lipinski definition) is 2. The normalized spacial score (nSPS) is 14.6. The molecule has 0 spiro atoms. The van der Waals surface area contributed by atoms with Crippen LogP contribution in [0.4, 0.5) is 17.1 Å². The van der Waals surface area contributed by atoms with Gasteiger partial charge in [-0.15, -0.1) is 0 Å². The number of carbonyl (C=O) groups is 1. The number of morpholine rings is 1. The van der Waals surface area contributed by atoms with E-state index in [0.717, 1.165) is 22.3 Å². The lowest BCUT2D eigenvalue weighted by atomic mass is 10.2. The fourth-order valence-corrected chi connectivity index (χ4v) is 3.20. The van der Waals surface area contributed by atoms with Gasteiger partial charge in [0, 0.05) is 22.3 Å². The Morgan fingerprint density at radius 3 is 2.61 bits per heavy atom. The molecule has 2 aromatic carbocycles. The van der Waals surface area contributed by atoms with Crippen molar-refractivity contribution >= 4 is 45.6 Å². The molecule has 0 bridgehead atoms. The number of benzene rings is 2. The second kappa shape index (κ2) is 7.18. The second-order valence-corrected chi connectivity index (χ2v) is 6.47. The fraction of sp³-hybridized carbons (Fsp3) is 0.235. The molecule has 0 aromatic heterocycles. The van der Waals surface area contributed by atoms with Gasteiger partial charge in [0.1, 0.15) is 0 Å². The molecule has 0 radical (unpaired) electrons. The average Bonchev–Trinajstić information content (AvgIpc) is 2.56. The van der Waals surface area contributed by atoms with Gasteiger partial charge in [-0.05, 0) is 52.9 Å². The van der Waals surface area contributed by atoms with Crippen LogP contribution in [0.15, 0.2) is 42.5 Å². The first-order valence-corrected chi connectivity index (χ1v) is 8.51. The number of nitrogen functional groups attached to an aromatic ring is 1. The van der Waals surface area contributed by atoms with Gasteiger partial charge < -0.3 is 20.7 Å². The van der Waals surface area contributed by atoms with E-state index in [1.807, 2.05) is 36.4 Å². The van der Waals surface area contributed by atoms with Gasteiger partial charge in [-0.2, -0.15) is 0 Å². The van der Waals surface area contributed by atoms with Crippen LogP contribution in [-0.2, 0) is 4.74 Å².